The zero-order chi connectivity index (χ0) is 22.9. The number of carbonyl (C=O) groups excluding carboxylic acids is 2. The van der Waals surface area contributed by atoms with Crippen LogP contribution in [0.2, 0.25) is 0 Å². The SMILES string of the molecule is COc1ccc(CNC(=O)NCC2CCN(C(=O)c3cccnc3SC)CC2)cc1OC. The number of aromatic nitrogens is 1. The summed E-state index contributed by atoms with van der Waals surface area (Å²) in [5, 5.41) is 6.57. The molecule has 0 aliphatic carbocycles. The number of carbonyl (C=O) groups is 2. The first-order valence-electron chi connectivity index (χ1n) is 10.6. The summed E-state index contributed by atoms with van der Waals surface area (Å²) in [6.45, 7) is 2.34. The van der Waals surface area contributed by atoms with E-state index in [1.807, 2.05) is 35.4 Å². The van der Waals surface area contributed by atoms with Crippen molar-refractivity contribution in [2.24, 2.45) is 5.92 Å². The molecule has 0 bridgehead atoms. The molecule has 1 aromatic carbocycles. The first-order chi connectivity index (χ1) is 15.5. The minimum atomic E-state index is -0.210. The Labute approximate surface area is 193 Å². The molecule has 0 radical (unpaired) electrons. The van der Waals surface area contributed by atoms with Crippen LogP contribution in [0.3, 0.4) is 0 Å². The van der Waals surface area contributed by atoms with E-state index in [0.29, 0.717) is 49.2 Å². The lowest BCUT2D eigenvalue weighted by Crippen LogP contribution is -2.43. The topological polar surface area (TPSA) is 92.8 Å². The van der Waals surface area contributed by atoms with Crippen molar-refractivity contribution in [1.82, 2.24) is 20.5 Å². The molecule has 1 aliphatic heterocycles. The largest absolute Gasteiger partial charge is 0.493 e. The third kappa shape index (κ3) is 6.06. The van der Waals surface area contributed by atoms with Crippen molar-refractivity contribution in [3.8, 4) is 11.5 Å². The highest BCUT2D eigenvalue weighted by Crippen LogP contribution is 2.27. The van der Waals surface area contributed by atoms with Crippen LogP contribution < -0.4 is 20.1 Å². The maximum absolute atomic E-state index is 12.8. The fraction of sp³-hybridized carbons (Fsp3) is 0.435. The van der Waals surface area contributed by atoms with Crippen LogP contribution in [0.1, 0.15) is 28.8 Å². The van der Waals surface area contributed by atoms with Crippen LogP contribution in [-0.4, -0.2) is 61.9 Å². The molecule has 2 N–H and O–H groups in total. The van der Waals surface area contributed by atoms with Crippen LogP contribution in [-0.2, 0) is 6.54 Å². The summed E-state index contributed by atoms with van der Waals surface area (Å²) >= 11 is 1.48. The Balaban J connectivity index is 1.41. The van der Waals surface area contributed by atoms with Gasteiger partial charge in [-0.15, -0.1) is 11.8 Å². The van der Waals surface area contributed by atoms with Crippen molar-refractivity contribution in [3.63, 3.8) is 0 Å². The van der Waals surface area contributed by atoms with Gasteiger partial charge in [0.05, 0.1) is 19.8 Å². The molecular formula is C23H30N4O4S. The normalized spacial score (nSPS) is 14.0. The second kappa shape index (κ2) is 11.6. The molecule has 1 fully saturated rings. The number of likely N-dealkylation sites (tertiary alicyclic amines) is 1. The fourth-order valence-corrected chi connectivity index (χ4v) is 4.24. The molecule has 0 unspecified atom stereocenters. The quantitative estimate of drug-likeness (QED) is 0.591. The van der Waals surface area contributed by atoms with E-state index in [-0.39, 0.29) is 11.9 Å². The summed E-state index contributed by atoms with van der Waals surface area (Å²) in [6, 6.07) is 8.96. The van der Waals surface area contributed by atoms with E-state index in [4.69, 9.17) is 9.47 Å². The van der Waals surface area contributed by atoms with Gasteiger partial charge in [0.2, 0.25) is 0 Å². The fourth-order valence-electron chi connectivity index (χ4n) is 3.70. The average Bonchev–Trinajstić information content (AvgIpc) is 2.85. The van der Waals surface area contributed by atoms with Gasteiger partial charge in [-0.2, -0.15) is 0 Å². The van der Waals surface area contributed by atoms with Gasteiger partial charge < -0.3 is 25.0 Å². The zero-order valence-corrected chi connectivity index (χ0v) is 19.5. The van der Waals surface area contributed by atoms with Gasteiger partial charge in [0.25, 0.3) is 5.91 Å². The molecule has 8 nitrogen and oxygen atoms in total. The van der Waals surface area contributed by atoms with Crippen molar-refractivity contribution in [2.45, 2.75) is 24.4 Å². The van der Waals surface area contributed by atoms with E-state index in [1.165, 1.54) is 11.8 Å². The third-order valence-corrected chi connectivity index (χ3v) is 6.26. The lowest BCUT2D eigenvalue weighted by molar-refractivity contribution is 0.0686. The first-order valence-corrected chi connectivity index (χ1v) is 11.8. The van der Waals surface area contributed by atoms with Gasteiger partial charge in [-0.1, -0.05) is 6.07 Å². The molecule has 0 spiro atoms. The predicted molar refractivity (Wildman–Crippen MR) is 124 cm³/mol. The highest BCUT2D eigenvalue weighted by Gasteiger charge is 2.25. The average molecular weight is 459 g/mol. The van der Waals surface area contributed by atoms with Crippen LogP contribution in [0.15, 0.2) is 41.6 Å². The number of ether oxygens (including phenoxy) is 2. The van der Waals surface area contributed by atoms with E-state index >= 15 is 0 Å². The summed E-state index contributed by atoms with van der Waals surface area (Å²) in [5.41, 5.74) is 1.58. The van der Waals surface area contributed by atoms with Crippen molar-refractivity contribution >= 4 is 23.7 Å². The number of urea groups is 1. The monoisotopic (exact) mass is 458 g/mol. The maximum Gasteiger partial charge on any atom is 0.315 e. The second-order valence-corrected chi connectivity index (χ2v) is 8.34. The number of benzene rings is 1. The second-order valence-electron chi connectivity index (χ2n) is 7.55. The van der Waals surface area contributed by atoms with Crippen LogP contribution in [0.5, 0.6) is 11.5 Å². The Morgan fingerprint density at radius 1 is 1.12 bits per heavy atom. The van der Waals surface area contributed by atoms with Gasteiger partial charge in [-0.25, -0.2) is 9.78 Å². The number of hydrogen-bond acceptors (Lipinski definition) is 6. The van der Waals surface area contributed by atoms with E-state index in [1.54, 1.807) is 26.5 Å². The van der Waals surface area contributed by atoms with Crippen molar-refractivity contribution in [2.75, 3.05) is 40.1 Å². The zero-order valence-electron chi connectivity index (χ0n) is 18.7. The molecule has 1 saturated heterocycles. The molecule has 1 aliphatic rings. The number of thioether (sulfide) groups is 1. The molecule has 2 heterocycles. The van der Waals surface area contributed by atoms with Gasteiger partial charge in [0.1, 0.15) is 5.03 Å². The summed E-state index contributed by atoms with van der Waals surface area (Å²) in [5.74, 6) is 1.66. The maximum atomic E-state index is 12.8. The summed E-state index contributed by atoms with van der Waals surface area (Å²) in [4.78, 5) is 31.2. The van der Waals surface area contributed by atoms with Crippen LogP contribution in [0, 0.1) is 5.92 Å². The van der Waals surface area contributed by atoms with Crippen molar-refractivity contribution in [3.05, 3.63) is 47.7 Å². The highest BCUT2D eigenvalue weighted by molar-refractivity contribution is 7.98. The van der Waals surface area contributed by atoms with Crippen LogP contribution >= 0.6 is 11.8 Å². The smallest absolute Gasteiger partial charge is 0.315 e. The van der Waals surface area contributed by atoms with Gasteiger partial charge >= 0.3 is 6.03 Å². The Morgan fingerprint density at radius 2 is 1.88 bits per heavy atom. The lowest BCUT2D eigenvalue weighted by atomic mass is 9.96. The molecule has 172 valence electrons. The number of rotatable bonds is 8. The molecule has 0 atom stereocenters. The Morgan fingerprint density at radius 3 is 2.56 bits per heavy atom. The van der Waals surface area contributed by atoms with Gasteiger partial charge in [0, 0.05) is 32.4 Å². The molecule has 3 amide bonds. The molecule has 2 aromatic rings. The Bertz CT molecular complexity index is 932. The van der Waals surface area contributed by atoms with E-state index < -0.39 is 0 Å². The van der Waals surface area contributed by atoms with Crippen molar-refractivity contribution < 1.29 is 19.1 Å². The third-order valence-electron chi connectivity index (χ3n) is 5.55. The Kier molecular flexibility index (Phi) is 8.61. The minimum absolute atomic E-state index is 0.0292. The summed E-state index contributed by atoms with van der Waals surface area (Å²) in [6.07, 6.45) is 5.34. The van der Waals surface area contributed by atoms with Gasteiger partial charge in [-0.3, -0.25) is 4.79 Å². The molecule has 1 aromatic heterocycles. The van der Waals surface area contributed by atoms with E-state index in [2.05, 4.69) is 15.6 Å². The summed E-state index contributed by atoms with van der Waals surface area (Å²) < 4.78 is 10.5. The number of hydrogen-bond donors (Lipinski definition) is 2. The molecule has 0 saturated carbocycles. The van der Waals surface area contributed by atoms with Crippen LogP contribution in [0.4, 0.5) is 4.79 Å². The molecular weight excluding hydrogens is 428 g/mol. The minimum Gasteiger partial charge on any atom is -0.493 e. The van der Waals surface area contributed by atoms with Crippen LogP contribution in [0.25, 0.3) is 0 Å². The van der Waals surface area contributed by atoms with Gasteiger partial charge in [0.15, 0.2) is 11.5 Å². The van der Waals surface area contributed by atoms with Gasteiger partial charge in [-0.05, 0) is 54.8 Å². The predicted octanol–water partition coefficient (Wildman–Crippen LogP) is 3.17. The lowest BCUT2D eigenvalue weighted by Gasteiger charge is -2.32. The Hall–Kier alpha value is -2.94. The van der Waals surface area contributed by atoms with E-state index in [9.17, 15) is 9.59 Å². The van der Waals surface area contributed by atoms with Crippen molar-refractivity contribution in [1.29, 1.82) is 0 Å². The molecule has 9 heteroatoms. The van der Waals surface area contributed by atoms with E-state index in [0.717, 1.165) is 23.4 Å². The molecule has 3 rings (SSSR count). The number of pyridine rings is 1. The standard InChI is InChI=1S/C23H30N4O4S/c1-30-19-7-6-17(13-20(19)31-2)15-26-23(29)25-14-16-8-11-27(12-9-16)22(28)18-5-4-10-24-21(18)32-3/h4-7,10,13,16H,8-9,11-12,14-15H2,1-3H3,(H2,25,26,29). The number of nitrogens with zero attached hydrogens (tertiary/aromatic N) is 2. The molecule has 32 heavy (non-hydrogen) atoms. The summed E-state index contributed by atoms with van der Waals surface area (Å²) in [7, 11) is 3.17. The number of amides is 3. The number of piperidine rings is 1. The highest BCUT2D eigenvalue weighted by atomic mass is 32.2. The number of nitrogens with one attached hydrogen (secondary N) is 2. The first kappa shape index (κ1) is 23.7. The number of methoxy groups -OCH3 is 2.